The van der Waals surface area contributed by atoms with Crippen molar-refractivity contribution >= 4 is 5.69 Å². The van der Waals surface area contributed by atoms with Crippen LogP contribution in [0.15, 0.2) is 24.3 Å². The monoisotopic (exact) mass is 264 g/mol. The molecule has 0 heterocycles. The minimum absolute atomic E-state index is 0.0494. The summed E-state index contributed by atoms with van der Waals surface area (Å²) in [6, 6.07) is 6.74. The summed E-state index contributed by atoms with van der Waals surface area (Å²) < 4.78 is 0. The van der Waals surface area contributed by atoms with Gasteiger partial charge in [-0.15, -0.1) is 0 Å². The van der Waals surface area contributed by atoms with Crippen LogP contribution < -0.4 is 5.32 Å². The predicted octanol–water partition coefficient (Wildman–Crippen LogP) is 2.41. The molecule has 1 fully saturated rings. The first-order chi connectivity index (χ1) is 9.11. The third kappa shape index (κ3) is 3.75. The normalized spacial score (nSPS) is 18.0. The van der Waals surface area contributed by atoms with E-state index in [9.17, 15) is 15.2 Å². The van der Waals surface area contributed by atoms with E-state index in [0.717, 1.165) is 24.8 Å². The van der Waals surface area contributed by atoms with E-state index < -0.39 is 0 Å². The Morgan fingerprint density at radius 2 is 2.26 bits per heavy atom. The Kier molecular flexibility index (Phi) is 4.50. The van der Waals surface area contributed by atoms with Gasteiger partial charge in [-0.05, 0) is 30.7 Å². The molecule has 19 heavy (non-hydrogen) atoms. The highest BCUT2D eigenvalue weighted by Crippen LogP contribution is 2.32. The van der Waals surface area contributed by atoms with Gasteiger partial charge in [0.15, 0.2) is 0 Å². The summed E-state index contributed by atoms with van der Waals surface area (Å²) in [5.74, 6) is 0.440. The number of non-ortho nitro benzene ring substituents is 1. The zero-order chi connectivity index (χ0) is 13.8. The number of nitro benzene ring substituents is 1. The molecule has 1 aliphatic rings. The van der Waals surface area contributed by atoms with Crippen molar-refractivity contribution in [3.63, 3.8) is 0 Å². The molecule has 1 aromatic rings. The zero-order valence-corrected chi connectivity index (χ0v) is 11.1. The van der Waals surface area contributed by atoms with Crippen LogP contribution in [0.4, 0.5) is 5.69 Å². The Hall–Kier alpha value is -1.46. The van der Waals surface area contributed by atoms with E-state index in [1.807, 2.05) is 13.0 Å². The van der Waals surface area contributed by atoms with Gasteiger partial charge in [0.1, 0.15) is 0 Å². The predicted molar refractivity (Wildman–Crippen MR) is 72.9 cm³/mol. The van der Waals surface area contributed by atoms with Crippen molar-refractivity contribution in [1.82, 2.24) is 5.32 Å². The number of benzene rings is 1. The lowest BCUT2D eigenvalue weighted by Gasteiger charge is -2.19. The molecule has 2 unspecified atom stereocenters. The number of aliphatic hydroxyl groups excluding tert-OH is 1. The highest BCUT2D eigenvalue weighted by atomic mass is 16.6. The molecule has 0 amide bonds. The van der Waals surface area contributed by atoms with Crippen molar-refractivity contribution in [2.24, 2.45) is 5.92 Å². The van der Waals surface area contributed by atoms with Crippen LogP contribution in [0, 0.1) is 16.0 Å². The number of rotatable bonds is 7. The maximum absolute atomic E-state index is 10.8. The molecule has 0 spiro atoms. The highest BCUT2D eigenvalue weighted by molar-refractivity contribution is 5.35. The summed E-state index contributed by atoms with van der Waals surface area (Å²) in [6.45, 7) is 2.58. The summed E-state index contributed by atoms with van der Waals surface area (Å²) in [4.78, 5) is 10.4. The number of hydrogen-bond acceptors (Lipinski definition) is 4. The number of hydrogen-bond donors (Lipinski definition) is 2. The van der Waals surface area contributed by atoms with Crippen LogP contribution in [0.5, 0.6) is 0 Å². The van der Waals surface area contributed by atoms with E-state index in [4.69, 9.17) is 0 Å². The first kappa shape index (κ1) is 14.0. The van der Waals surface area contributed by atoms with Crippen LogP contribution >= 0.6 is 0 Å². The van der Waals surface area contributed by atoms with Gasteiger partial charge in [-0.2, -0.15) is 0 Å². The van der Waals surface area contributed by atoms with Gasteiger partial charge in [-0.1, -0.05) is 19.1 Å². The molecular formula is C14H20N2O3. The van der Waals surface area contributed by atoms with E-state index in [-0.39, 0.29) is 22.8 Å². The molecule has 5 nitrogen and oxygen atoms in total. The number of nitrogens with zero attached hydrogens (tertiary/aromatic N) is 1. The Morgan fingerprint density at radius 3 is 2.84 bits per heavy atom. The average molecular weight is 264 g/mol. The van der Waals surface area contributed by atoms with Crippen LogP contribution in [-0.2, 0) is 0 Å². The molecule has 1 aliphatic carbocycles. The molecule has 1 saturated carbocycles. The summed E-state index contributed by atoms with van der Waals surface area (Å²) >= 11 is 0. The second-order valence-corrected chi connectivity index (χ2v) is 5.13. The van der Waals surface area contributed by atoms with Gasteiger partial charge in [0.05, 0.1) is 11.0 Å². The molecule has 1 aromatic carbocycles. The minimum atomic E-state index is -0.380. The second-order valence-electron chi connectivity index (χ2n) is 5.13. The van der Waals surface area contributed by atoms with Crippen LogP contribution in [-0.4, -0.2) is 22.7 Å². The third-order valence-electron chi connectivity index (χ3n) is 3.63. The Labute approximate surface area is 112 Å². The quantitative estimate of drug-likeness (QED) is 0.585. The van der Waals surface area contributed by atoms with Crippen molar-refractivity contribution in [3.05, 3.63) is 39.9 Å². The molecular weight excluding hydrogens is 244 g/mol. The van der Waals surface area contributed by atoms with Crippen molar-refractivity contribution in [2.45, 2.75) is 38.3 Å². The van der Waals surface area contributed by atoms with Crippen molar-refractivity contribution < 1.29 is 10.0 Å². The first-order valence-corrected chi connectivity index (χ1v) is 6.77. The van der Waals surface area contributed by atoms with Gasteiger partial charge in [-0.3, -0.25) is 10.1 Å². The maximum Gasteiger partial charge on any atom is 0.269 e. The van der Waals surface area contributed by atoms with E-state index in [2.05, 4.69) is 5.32 Å². The van der Waals surface area contributed by atoms with Gasteiger partial charge in [0.2, 0.25) is 0 Å². The Balaban J connectivity index is 1.99. The van der Waals surface area contributed by atoms with Gasteiger partial charge >= 0.3 is 0 Å². The molecule has 0 aliphatic heterocycles. The largest absolute Gasteiger partial charge is 0.392 e. The average Bonchev–Trinajstić information content (AvgIpc) is 3.24. The Bertz CT molecular complexity index is 446. The van der Waals surface area contributed by atoms with E-state index >= 15 is 0 Å². The summed E-state index contributed by atoms with van der Waals surface area (Å²) in [6.07, 6.45) is 2.75. The molecule has 0 aromatic heterocycles. The van der Waals surface area contributed by atoms with Crippen molar-refractivity contribution in [1.29, 1.82) is 0 Å². The zero-order valence-electron chi connectivity index (χ0n) is 11.1. The smallest absolute Gasteiger partial charge is 0.269 e. The summed E-state index contributed by atoms with van der Waals surface area (Å²) in [5.41, 5.74) is 1.01. The molecule has 0 saturated heterocycles. The molecule has 0 bridgehead atoms. The number of nitro groups is 1. The van der Waals surface area contributed by atoms with E-state index in [0.29, 0.717) is 12.5 Å². The molecule has 0 radical (unpaired) electrons. The molecule has 2 atom stereocenters. The van der Waals surface area contributed by atoms with Crippen molar-refractivity contribution in [3.8, 4) is 0 Å². The fourth-order valence-corrected chi connectivity index (χ4v) is 2.26. The van der Waals surface area contributed by atoms with Gasteiger partial charge in [0.25, 0.3) is 5.69 Å². The van der Waals surface area contributed by atoms with Crippen molar-refractivity contribution in [2.75, 3.05) is 6.54 Å². The SMILES string of the molecule is CCC(NCC(O)C1CC1)c1cccc([N+](=O)[O-])c1. The lowest BCUT2D eigenvalue weighted by atomic mass is 10.0. The molecule has 5 heteroatoms. The first-order valence-electron chi connectivity index (χ1n) is 6.77. The lowest BCUT2D eigenvalue weighted by molar-refractivity contribution is -0.384. The van der Waals surface area contributed by atoms with Crippen LogP contribution in [0.3, 0.4) is 0 Å². The molecule has 104 valence electrons. The Morgan fingerprint density at radius 1 is 1.53 bits per heavy atom. The second kappa shape index (κ2) is 6.12. The number of nitrogens with one attached hydrogen (secondary N) is 1. The van der Waals surface area contributed by atoms with Gasteiger partial charge in [-0.25, -0.2) is 0 Å². The highest BCUT2D eigenvalue weighted by Gasteiger charge is 2.29. The standard InChI is InChI=1S/C14H20N2O3/c1-2-13(15-9-14(17)10-6-7-10)11-4-3-5-12(8-11)16(18)19/h3-5,8,10,13-15,17H,2,6-7,9H2,1H3. The third-order valence-corrected chi connectivity index (χ3v) is 3.63. The fourth-order valence-electron chi connectivity index (χ4n) is 2.26. The van der Waals surface area contributed by atoms with Crippen LogP contribution in [0.25, 0.3) is 0 Å². The van der Waals surface area contributed by atoms with E-state index in [1.165, 1.54) is 6.07 Å². The number of aliphatic hydroxyl groups is 1. The maximum atomic E-state index is 10.8. The summed E-state index contributed by atoms with van der Waals surface area (Å²) in [5, 5.41) is 23.9. The van der Waals surface area contributed by atoms with Gasteiger partial charge in [0, 0.05) is 24.7 Å². The van der Waals surface area contributed by atoms with Gasteiger partial charge < -0.3 is 10.4 Å². The summed E-state index contributed by atoms with van der Waals surface area (Å²) in [7, 11) is 0. The molecule has 2 N–H and O–H groups in total. The fraction of sp³-hybridized carbons (Fsp3) is 0.571. The minimum Gasteiger partial charge on any atom is -0.392 e. The lowest BCUT2D eigenvalue weighted by Crippen LogP contribution is -2.31. The van der Waals surface area contributed by atoms with E-state index in [1.54, 1.807) is 12.1 Å². The van der Waals surface area contributed by atoms with Crippen LogP contribution in [0.1, 0.15) is 37.8 Å². The van der Waals surface area contributed by atoms with Crippen LogP contribution in [0.2, 0.25) is 0 Å². The molecule has 2 rings (SSSR count). The topological polar surface area (TPSA) is 75.4 Å².